The van der Waals surface area contributed by atoms with Gasteiger partial charge >= 0.3 is 5.69 Å². The van der Waals surface area contributed by atoms with Crippen LogP contribution >= 0.6 is 23.2 Å². The zero-order valence-electron chi connectivity index (χ0n) is 14.0. The smallest absolute Gasteiger partial charge is 0.311 e. The maximum Gasteiger partial charge on any atom is 0.311 e. The molecule has 2 rings (SSSR count). The van der Waals surface area contributed by atoms with Gasteiger partial charge in [0, 0.05) is 16.7 Å². The summed E-state index contributed by atoms with van der Waals surface area (Å²) in [6.45, 7) is 3.66. The van der Waals surface area contributed by atoms with Crippen LogP contribution in [0.1, 0.15) is 29.8 Å². The van der Waals surface area contributed by atoms with Gasteiger partial charge in [0.25, 0.3) is 5.91 Å². The monoisotopic (exact) mass is 395 g/mol. The summed E-state index contributed by atoms with van der Waals surface area (Å²) < 4.78 is 5.24. The van der Waals surface area contributed by atoms with Gasteiger partial charge in [-0.05, 0) is 44.2 Å². The van der Waals surface area contributed by atoms with Crippen LogP contribution in [0.5, 0.6) is 5.75 Å². The molecule has 0 spiro atoms. The Morgan fingerprint density at radius 1 is 1.27 bits per heavy atom. The highest BCUT2D eigenvalue weighted by molar-refractivity contribution is 6.36. The Labute approximate surface area is 159 Å². The maximum absolute atomic E-state index is 12.2. The van der Waals surface area contributed by atoms with Gasteiger partial charge in [0.05, 0.1) is 27.8 Å². The molecule has 0 aromatic heterocycles. The zero-order chi connectivity index (χ0) is 19.3. The summed E-state index contributed by atoms with van der Waals surface area (Å²) in [6, 6.07) is 8.92. The number of hydrazone groups is 1. The van der Waals surface area contributed by atoms with E-state index >= 15 is 0 Å². The molecule has 26 heavy (non-hydrogen) atoms. The SMILES string of the molecule is CCOc1ccc(C(C)=NNC(=O)c2ccc(Cl)cc2Cl)cc1[N+](=O)[O-]. The number of nitrogens with zero attached hydrogens (tertiary/aromatic N) is 2. The molecule has 1 amide bonds. The van der Waals surface area contributed by atoms with E-state index in [1.165, 1.54) is 30.3 Å². The summed E-state index contributed by atoms with van der Waals surface area (Å²) in [6.07, 6.45) is 0. The molecular weight excluding hydrogens is 381 g/mol. The van der Waals surface area contributed by atoms with Crippen molar-refractivity contribution in [1.82, 2.24) is 5.43 Å². The van der Waals surface area contributed by atoms with Gasteiger partial charge in [-0.1, -0.05) is 23.2 Å². The molecule has 2 aromatic carbocycles. The molecule has 1 N–H and O–H groups in total. The van der Waals surface area contributed by atoms with Crippen molar-refractivity contribution in [2.75, 3.05) is 6.61 Å². The first-order valence-corrected chi connectivity index (χ1v) is 8.30. The fourth-order valence-electron chi connectivity index (χ4n) is 2.10. The average molecular weight is 396 g/mol. The van der Waals surface area contributed by atoms with Gasteiger partial charge in [-0.2, -0.15) is 5.10 Å². The number of nitro benzene ring substituents is 1. The predicted molar refractivity (Wildman–Crippen MR) is 100 cm³/mol. The number of halogens is 2. The summed E-state index contributed by atoms with van der Waals surface area (Å²) in [5, 5.41) is 15.8. The third-order valence-electron chi connectivity index (χ3n) is 3.37. The van der Waals surface area contributed by atoms with Gasteiger partial charge in [0.15, 0.2) is 5.75 Å². The number of nitro groups is 1. The van der Waals surface area contributed by atoms with E-state index in [1.807, 2.05) is 0 Å². The van der Waals surface area contributed by atoms with Crippen LogP contribution in [0.15, 0.2) is 41.5 Å². The van der Waals surface area contributed by atoms with Gasteiger partial charge in [-0.25, -0.2) is 5.43 Å². The van der Waals surface area contributed by atoms with E-state index in [0.717, 1.165) is 0 Å². The second kappa shape index (κ2) is 8.64. The van der Waals surface area contributed by atoms with Crippen molar-refractivity contribution in [2.24, 2.45) is 5.10 Å². The lowest BCUT2D eigenvalue weighted by Gasteiger charge is -2.07. The topological polar surface area (TPSA) is 93.8 Å². The van der Waals surface area contributed by atoms with Gasteiger partial charge in [-0.15, -0.1) is 0 Å². The lowest BCUT2D eigenvalue weighted by molar-refractivity contribution is -0.385. The summed E-state index contributed by atoms with van der Waals surface area (Å²) in [4.78, 5) is 22.8. The Morgan fingerprint density at radius 3 is 2.62 bits per heavy atom. The number of ether oxygens (including phenoxy) is 1. The van der Waals surface area contributed by atoms with E-state index in [2.05, 4.69) is 10.5 Å². The zero-order valence-corrected chi connectivity index (χ0v) is 15.5. The molecule has 0 aliphatic heterocycles. The minimum absolute atomic E-state index is 0.172. The average Bonchev–Trinajstić information content (AvgIpc) is 2.59. The Kier molecular flexibility index (Phi) is 6.54. The molecule has 7 nitrogen and oxygen atoms in total. The second-order valence-corrected chi connectivity index (χ2v) is 5.98. The van der Waals surface area contributed by atoms with Crippen LogP contribution < -0.4 is 10.2 Å². The number of benzene rings is 2. The first kappa shape index (κ1) is 19.7. The third kappa shape index (κ3) is 4.71. The standard InChI is InChI=1S/C17H15Cl2N3O4/c1-3-26-16-7-4-11(8-15(16)22(24)25)10(2)20-21-17(23)13-6-5-12(18)9-14(13)19/h4-9H,3H2,1-2H3,(H,21,23). The molecule has 136 valence electrons. The van der Waals surface area contributed by atoms with Gasteiger partial charge in [0.2, 0.25) is 0 Å². The van der Waals surface area contributed by atoms with Crippen LogP contribution in [-0.4, -0.2) is 23.1 Å². The summed E-state index contributed by atoms with van der Waals surface area (Å²) in [5.74, 6) is -0.350. The van der Waals surface area contributed by atoms with Crippen LogP contribution in [0.2, 0.25) is 10.0 Å². The molecule has 0 atom stereocenters. The Bertz CT molecular complexity index is 884. The maximum atomic E-state index is 12.2. The molecular formula is C17H15Cl2N3O4. The van der Waals surface area contributed by atoms with E-state index in [1.54, 1.807) is 19.9 Å². The van der Waals surface area contributed by atoms with Crippen LogP contribution in [0.4, 0.5) is 5.69 Å². The van der Waals surface area contributed by atoms with E-state index in [4.69, 9.17) is 27.9 Å². The second-order valence-electron chi connectivity index (χ2n) is 5.13. The van der Waals surface area contributed by atoms with Crippen molar-refractivity contribution in [3.05, 3.63) is 67.7 Å². The number of hydrogen-bond donors (Lipinski definition) is 1. The van der Waals surface area contributed by atoms with Crippen molar-refractivity contribution >= 4 is 40.5 Å². The van der Waals surface area contributed by atoms with E-state index in [-0.39, 0.29) is 22.0 Å². The van der Waals surface area contributed by atoms with Crippen LogP contribution in [-0.2, 0) is 0 Å². The normalized spacial score (nSPS) is 11.2. The molecule has 0 radical (unpaired) electrons. The Hall–Kier alpha value is -2.64. The van der Waals surface area contributed by atoms with Crippen LogP contribution in [0.25, 0.3) is 0 Å². The molecule has 0 saturated heterocycles. The lowest BCUT2D eigenvalue weighted by atomic mass is 10.1. The Morgan fingerprint density at radius 2 is 2.00 bits per heavy atom. The number of amides is 1. The van der Waals surface area contributed by atoms with Gasteiger partial charge < -0.3 is 4.74 Å². The molecule has 0 aliphatic carbocycles. The predicted octanol–water partition coefficient (Wildman–Crippen LogP) is 4.45. The van der Waals surface area contributed by atoms with Crippen molar-refractivity contribution in [3.63, 3.8) is 0 Å². The van der Waals surface area contributed by atoms with Gasteiger partial charge in [0.1, 0.15) is 0 Å². The molecule has 0 bridgehead atoms. The highest BCUT2D eigenvalue weighted by Gasteiger charge is 2.17. The van der Waals surface area contributed by atoms with Crippen molar-refractivity contribution in [3.8, 4) is 5.75 Å². The van der Waals surface area contributed by atoms with Gasteiger partial charge in [-0.3, -0.25) is 14.9 Å². The highest BCUT2D eigenvalue weighted by Crippen LogP contribution is 2.28. The number of carbonyl (C=O) groups excluding carboxylic acids is 1. The van der Waals surface area contributed by atoms with E-state index in [9.17, 15) is 14.9 Å². The largest absolute Gasteiger partial charge is 0.487 e. The number of nitrogens with one attached hydrogen (secondary N) is 1. The Balaban J connectivity index is 2.22. The highest BCUT2D eigenvalue weighted by atomic mass is 35.5. The van der Waals surface area contributed by atoms with Crippen LogP contribution in [0, 0.1) is 10.1 Å². The van der Waals surface area contributed by atoms with E-state index < -0.39 is 10.8 Å². The fourth-order valence-corrected chi connectivity index (χ4v) is 2.59. The number of hydrogen-bond acceptors (Lipinski definition) is 5. The minimum atomic E-state index is -0.534. The van der Waals surface area contributed by atoms with Crippen molar-refractivity contribution in [2.45, 2.75) is 13.8 Å². The first-order chi connectivity index (χ1) is 12.3. The third-order valence-corrected chi connectivity index (χ3v) is 3.92. The van der Waals surface area contributed by atoms with E-state index in [0.29, 0.717) is 22.9 Å². The quantitative estimate of drug-likeness (QED) is 0.443. The summed E-state index contributed by atoms with van der Waals surface area (Å²) in [7, 11) is 0. The van der Waals surface area contributed by atoms with Crippen LogP contribution in [0.3, 0.4) is 0 Å². The summed E-state index contributed by atoms with van der Waals surface area (Å²) >= 11 is 11.8. The number of rotatable bonds is 6. The minimum Gasteiger partial charge on any atom is -0.487 e. The molecule has 0 aliphatic rings. The molecule has 0 saturated carbocycles. The first-order valence-electron chi connectivity index (χ1n) is 7.54. The van der Waals surface area contributed by atoms with Crippen molar-refractivity contribution in [1.29, 1.82) is 0 Å². The lowest BCUT2D eigenvalue weighted by Crippen LogP contribution is -2.19. The molecule has 2 aromatic rings. The van der Waals surface area contributed by atoms with Crippen molar-refractivity contribution < 1.29 is 14.5 Å². The molecule has 0 fully saturated rings. The summed E-state index contributed by atoms with van der Waals surface area (Å²) in [5.41, 5.74) is 3.26. The molecule has 9 heteroatoms. The fraction of sp³-hybridized carbons (Fsp3) is 0.176. The number of carbonyl (C=O) groups is 1. The molecule has 0 unspecified atom stereocenters. The molecule has 0 heterocycles.